The summed E-state index contributed by atoms with van der Waals surface area (Å²) in [6.45, 7) is 4.12. The number of rotatable bonds is 6. The van der Waals surface area contributed by atoms with Crippen molar-refractivity contribution >= 4 is 34.1 Å². The molecule has 2 N–H and O–H groups in total. The summed E-state index contributed by atoms with van der Waals surface area (Å²) in [5, 5.41) is 17.0. The topological polar surface area (TPSA) is 65.1 Å². The predicted octanol–water partition coefficient (Wildman–Crippen LogP) is 5.72. The molecule has 0 radical (unpaired) electrons. The summed E-state index contributed by atoms with van der Waals surface area (Å²) in [5.41, 5.74) is 2.16. The van der Waals surface area contributed by atoms with Crippen LogP contribution in [-0.2, 0) is 6.18 Å². The largest absolute Gasteiger partial charge is 0.416 e. The monoisotopic (exact) mass is 457 g/mol. The minimum Gasteiger partial charge on any atom is -0.370 e. The molecule has 4 rings (SSSR count). The molecule has 0 saturated heterocycles. The SMILES string of the molecule is CCNCCNc1cc(-c2ccc(C(F)(F)F)cc2)c(C#N)c2nc3cccc(Cl)c3n12. The Balaban J connectivity index is 1.94. The third-order valence-electron chi connectivity index (χ3n) is 5.14. The first-order chi connectivity index (χ1) is 15.3. The van der Waals surface area contributed by atoms with Gasteiger partial charge in [-0.25, -0.2) is 4.98 Å². The molecule has 2 heterocycles. The Morgan fingerprint density at radius 1 is 1.12 bits per heavy atom. The van der Waals surface area contributed by atoms with Crippen LogP contribution >= 0.6 is 11.6 Å². The van der Waals surface area contributed by atoms with Gasteiger partial charge in [0.2, 0.25) is 0 Å². The fraction of sp³-hybridized carbons (Fsp3) is 0.217. The van der Waals surface area contributed by atoms with Crippen LogP contribution in [0.2, 0.25) is 5.02 Å². The second-order valence-corrected chi connectivity index (χ2v) is 7.57. The van der Waals surface area contributed by atoms with Crippen molar-refractivity contribution in [3.05, 3.63) is 64.7 Å². The smallest absolute Gasteiger partial charge is 0.370 e. The number of likely N-dealkylation sites (N-methyl/N-ethyl adjacent to an activating group) is 1. The number of para-hydroxylation sites is 1. The van der Waals surface area contributed by atoms with Crippen LogP contribution in [0.15, 0.2) is 48.5 Å². The third-order valence-corrected chi connectivity index (χ3v) is 5.44. The van der Waals surface area contributed by atoms with Crippen molar-refractivity contribution < 1.29 is 13.2 Å². The molecule has 4 aromatic rings. The summed E-state index contributed by atoms with van der Waals surface area (Å²) in [6.07, 6.45) is -4.43. The Labute approximate surface area is 187 Å². The maximum absolute atomic E-state index is 13.0. The maximum atomic E-state index is 13.0. The van der Waals surface area contributed by atoms with Gasteiger partial charge in [0.05, 0.1) is 21.6 Å². The number of nitrogens with zero attached hydrogens (tertiary/aromatic N) is 3. The van der Waals surface area contributed by atoms with Crippen LogP contribution in [-0.4, -0.2) is 29.0 Å². The average Bonchev–Trinajstić information content (AvgIpc) is 3.17. The molecular formula is C23H19ClF3N5. The molecule has 0 aliphatic rings. The second kappa shape index (κ2) is 8.69. The number of pyridine rings is 1. The first-order valence-electron chi connectivity index (χ1n) is 10.0. The van der Waals surface area contributed by atoms with Crippen LogP contribution in [0.1, 0.15) is 18.1 Å². The van der Waals surface area contributed by atoms with E-state index in [0.717, 1.165) is 18.7 Å². The number of alkyl halides is 3. The zero-order valence-electron chi connectivity index (χ0n) is 17.1. The van der Waals surface area contributed by atoms with E-state index in [1.807, 2.05) is 6.92 Å². The van der Waals surface area contributed by atoms with Crippen molar-refractivity contribution in [1.82, 2.24) is 14.7 Å². The predicted molar refractivity (Wildman–Crippen MR) is 120 cm³/mol. The highest BCUT2D eigenvalue weighted by Crippen LogP contribution is 2.36. The van der Waals surface area contributed by atoms with Gasteiger partial charge >= 0.3 is 6.18 Å². The zero-order chi connectivity index (χ0) is 22.9. The number of nitriles is 1. The van der Waals surface area contributed by atoms with Crippen molar-refractivity contribution in [3.63, 3.8) is 0 Å². The highest BCUT2D eigenvalue weighted by Gasteiger charge is 2.30. The summed E-state index contributed by atoms with van der Waals surface area (Å²) in [5.74, 6) is 0.641. The molecule has 0 atom stereocenters. The van der Waals surface area contributed by atoms with Gasteiger partial charge in [-0.1, -0.05) is 36.7 Å². The molecule has 0 amide bonds. The van der Waals surface area contributed by atoms with Crippen LogP contribution in [0.4, 0.5) is 19.0 Å². The van der Waals surface area contributed by atoms with E-state index in [4.69, 9.17) is 11.6 Å². The zero-order valence-corrected chi connectivity index (χ0v) is 17.8. The Morgan fingerprint density at radius 3 is 2.53 bits per heavy atom. The Hall–Kier alpha value is -3.28. The van der Waals surface area contributed by atoms with E-state index in [1.165, 1.54) is 12.1 Å². The molecule has 0 fully saturated rings. The number of aromatic nitrogens is 2. The first kappa shape index (κ1) is 21.9. The highest BCUT2D eigenvalue weighted by molar-refractivity contribution is 6.35. The van der Waals surface area contributed by atoms with E-state index < -0.39 is 11.7 Å². The highest BCUT2D eigenvalue weighted by atomic mass is 35.5. The van der Waals surface area contributed by atoms with E-state index in [0.29, 0.717) is 51.7 Å². The Bertz CT molecular complexity index is 1320. The first-order valence-corrected chi connectivity index (χ1v) is 10.4. The number of halogens is 4. The van der Waals surface area contributed by atoms with Crippen molar-refractivity contribution in [1.29, 1.82) is 5.26 Å². The molecule has 164 valence electrons. The van der Waals surface area contributed by atoms with Crippen molar-refractivity contribution in [2.45, 2.75) is 13.1 Å². The number of fused-ring (bicyclic) bond motifs is 3. The van der Waals surface area contributed by atoms with Gasteiger partial charge in [0.15, 0.2) is 5.65 Å². The number of benzene rings is 2. The van der Waals surface area contributed by atoms with E-state index in [9.17, 15) is 18.4 Å². The summed E-state index contributed by atoms with van der Waals surface area (Å²) in [7, 11) is 0. The van der Waals surface area contributed by atoms with E-state index in [1.54, 1.807) is 28.7 Å². The molecule has 0 unspecified atom stereocenters. The van der Waals surface area contributed by atoms with Gasteiger partial charge in [0, 0.05) is 18.7 Å². The second-order valence-electron chi connectivity index (χ2n) is 7.16. The minimum atomic E-state index is -4.43. The van der Waals surface area contributed by atoms with Gasteiger partial charge in [-0.2, -0.15) is 18.4 Å². The normalized spacial score (nSPS) is 11.8. The van der Waals surface area contributed by atoms with Gasteiger partial charge in [-0.3, -0.25) is 4.40 Å². The summed E-state index contributed by atoms with van der Waals surface area (Å²) < 4.78 is 40.8. The molecular weight excluding hydrogens is 439 g/mol. The molecule has 0 aliphatic heterocycles. The van der Waals surface area contributed by atoms with E-state index >= 15 is 0 Å². The van der Waals surface area contributed by atoms with Crippen LogP contribution in [0.5, 0.6) is 0 Å². The Kier molecular flexibility index (Phi) is 5.96. The average molecular weight is 458 g/mol. The summed E-state index contributed by atoms with van der Waals surface area (Å²) >= 11 is 6.46. The quantitative estimate of drug-likeness (QED) is 0.363. The van der Waals surface area contributed by atoms with Gasteiger partial charge in [-0.15, -0.1) is 0 Å². The number of anilines is 1. The molecule has 2 aromatic carbocycles. The fourth-order valence-corrected chi connectivity index (χ4v) is 3.90. The van der Waals surface area contributed by atoms with Gasteiger partial charge in [-0.05, 0) is 42.4 Å². The number of hydrogen-bond acceptors (Lipinski definition) is 4. The molecule has 0 saturated carbocycles. The molecule has 0 bridgehead atoms. The molecule has 32 heavy (non-hydrogen) atoms. The summed E-state index contributed by atoms with van der Waals surface area (Å²) in [4.78, 5) is 4.62. The van der Waals surface area contributed by atoms with E-state index in [-0.39, 0.29) is 5.56 Å². The minimum absolute atomic E-state index is 0.259. The van der Waals surface area contributed by atoms with Crippen LogP contribution in [0.3, 0.4) is 0 Å². The molecule has 0 spiro atoms. The number of imidazole rings is 1. The van der Waals surface area contributed by atoms with Crippen molar-refractivity contribution in [2.24, 2.45) is 0 Å². The van der Waals surface area contributed by atoms with Crippen LogP contribution < -0.4 is 10.6 Å². The molecule has 0 aliphatic carbocycles. The molecule has 2 aromatic heterocycles. The van der Waals surface area contributed by atoms with Crippen molar-refractivity contribution in [3.8, 4) is 17.2 Å². The lowest BCUT2D eigenvalue weighted by atomic mass is 10.00. The van der Waals surface area contributed by atoms with Crippen LogP contribution in [0.25, 0.3) is 27.8 Å². The van der Waals surface area contributed by atoms with Crippen LogP contribution in [0, 0.1) is 11.3 Å². The maximum Gasteiger partial charge on any atom is 0.416 e. The standard InChI is InChI=1S/C23H19ClF3N5/c1-2-29-10-11-30-20-12-16(14-6-8-15(9-7-14)23(25,26)27)17(13-28)22-31-19-5-3-4-18(24)21(19)32(20)22/h3-9,12,29-30H,2,10-11H2,1H3. The van der Waals surface area contributed by atoms with Gasteiger partial charge in [0.1, 0.15) is 17.5 Å². The third kappa shape index (κ3) is 3.97. The van der Waals surface area contributed by atoms with E-state index in [2.05, 4.69) is 21.7 Å². The van der Waals surface area contributed by atoms with Gasteiger partial charge < -0.3 is 10.6 Å². The Morgan fingerprint density at radius 2 is 1.88 bits per heavy atom. The lowest BCUT2D eigenvalue weighted by Gasteiger charge is -2.15. The molecule has 9 heteroatoms. The number of nitrogens with one attached hydrogen (secondary N) is 2. The van der Waals surface area contributed by atoms with Gasteiger partial charge in [0.25, 0.3) is 0 Å². The summed E-state index contributed by atoms with van der Waals surface area (Å²) in [6, 6.07) is 14.0. The lowest BCUT2D eigenvalue weighted by molar-refractivity contribution is -0.137. The molecule has 5 nitrogen and oxygen atoms in total. The fourth-order valence-electron chi connectivity index (χ4n) is 3.64. The number of hydrogen-bond donors (Lipinski definition) is 2. The van der Waals surface area contributed by atoms with Crippen molar-refractivity contribution in [2.75, 3.05) is 25.0 Å². The lowest BCUT2D eigenvalue weighted by Crippen LogP contribution is -2.22.